The van der Waals surface area contributed by atoms with Crippen molar-refractivity contribution in [3.8, 4) is 0 Å². The Bertz CT molecular complexity index is 539. The van der Waals surface area contributed by atoms with E-state index < -0.39 is 17.7 Å². The molecule has 2 aromatic rings. The highest BCUT2D eigenvalue weighted by Crippen LogP contribution is 2.22. The molecule has 0 aliphatic heterocycles. The minimum Gasteiger partial charge on any atom is -0.319 e. The number of rotatable bonds is 4. The number of nitrogens with two attached hydrogens (primary N) is 1. The van der Waals surface area contributed by atoms with Gasteiger partial charge in [0.15, 0.2) is 0 Å². The molecule has 0 aliphatic rings. The molecule has 0 saturated heterocycles. The van der Waals surface area contributed by atoms with E-state index in [1.807, 2.05) is 6.92 Å². The van der Waals surface area contributed by atoms with Crippen LogP contribution in [0, 0.1) is 11.6 Å². The summed E-state index contributed by atoms with van der Waals surface area (Å²) in [6, 6.07) is 2.65. The summed E-state index contributed by atoms with van der Waals surface area (Å²) in [5.41, 5.74) is 6.83. The van der Waals surface area contributed by atoms with Crippen LogP contribution in [0.25, 0.3) is 0 Å². The van der Waals surface area contributed by atoms with Gasteiger partial charge < -0.3 is 5.73 Å². The summed E-state index contributed by atoms with van der Waals surface area (Å²) in [6.45, 7) is 2.65. The van der Waals surface area contributed by atoms with Gasteiger partial charge in [0.2, 0.25) is 0 Å². The van der Waals surface area contributed by atoms with E-state index in [1.165, 1.54) is 18.3 Å². The Morgan fingerprint density at radius 1 is 1.39 bits per heavy atom. The zero-order chi connectivity index (χ0) is 13.1. The van der Waals surface area contributed by atoms with Crippen molar-refractivity contribution in [1.82, 2.24) is 15.0 Å². The largest absolute Gasteiger partial charge is 0.319 e. The molecule has 1 atom stereocenters. The SMILES string of the molecule is CCCn1nncc1C(N)c1ccc(F)cc1F. The fourth-order valence-corrected chi connectivity index (χ4v) is 1.81. The normalized spacial score (nSPS) is 12.7. The number of hydrogen-bond donors (Lipinski definition) is 1. The molecule has 1 aromatic carbocycles. The first-order valence-electron chi connectivity index (χ1n) is 5.72. The van der Waals surface area contributed by atoms with Gasteiger partial charge in [0.05, 0.1) is 17.9 Å². The molecule has 4 nitrogen and oxygen atoms in total. The highest BCUT2D eigenvalue weighted by molar-refractivity contribution is 5.28. The quantitative estimate of drug-likeness (QED) is 0.905. The Labute approximate surface area is 103 Å². The van der Waals surface area contributed by atoms with Gasteiger partial charge in [-0.3, -0.25) is 0 Å². The first-order valence-corrected chi connectivity index (χ1v) is 5.72. The molecule has 18 heavy (non-hydrogen) atoms. The highest BCUT2D eigenvalue weighted by atomic mass is 19.1. The first kappa shape index (κ1) is 12.6. The molecule has 1 heterocycles. The van der Waals surface area contributed by atoms with Gasteiger partial charge in [0.25, 0.3) is 0 Å². The van der Waals surface area contributed by atoms with E-state index in [4.69, 9.17) is 5.73 Å². The van der Waals surface area contributed by atoms with Crippen molar-refractivity contribution in [2.24, 2.45) is 5.73 Å². The number of halogens is 2. The summed E-state index contributed by atoms with van der Waals surface area (Å²) >= 11 is 0. The number of nitrogens with zero attached hydrogens (tertiary/aromatic N) is 3. The molecule has 2 N–H and O–H groups in total. The summed E-state index contributed by atoms with van der Waals surface area (Å²) in [5.74, 6) is -1.28. The second kappa shape index (κ2) is 5.22. The molecular weight excluding hydrogens is 238 g/mol. The van der Waals surface area contributed by atoms with Gasteiger partial charge >= 0.3 is 0 Å². The van der Waals surface area contributed by atoms with Crippen LogP contribution in [0.5, 0.6) is 0 Å². The van der Waals surface area contributed by atoms with Gasteiger partial charge in [-0.25, -0.2) is 13.5 Å². The molecule has 0 fully saturated rings. The molecule has 0 radical (unpaired) electrons. The van der Waals surface area contributed by atoms with Gasteiger partial charge in [-0.15, -0.1) is 5.10 Å². The fourth-order valence-electron chi connectivity index (χ4n) is 1.81. The van der Waals surface area contributed by atoms with Crippen LogP contribution in [0.2, 0.25) is 0 Å². The summed E-state index contributed by atoms with van der Waals surface area (Å²) in [7, 11) is 0. The van der Waals surface area contributed by atoms with E-state index in [1.54, 1.807) is 4.68 Å². The molecule has 0 amide bonds. The lowest BCUT2D eigenvalue weighted by atomic mass is 10.0. The summed E-state index contributed by atoms with van der Waals surface area (Å²) in [5, 5.41) is 7.66. The molecule has 0 bridgehead atoms. The third-order valence-corrected chi connectivity index (χ3v) is 2.70. The van der Waals surface area contributed by atoms with Crippen molar-refractivity contribution < 1.29 is 8.78 Å². The van der Waals surface area contributed by atoms with Gasteiger partial charge in [0, 0.05) is 18.2 Å². The Hall–Kier alpha value is -1.82. The zero-order valence-electron chi connectivity index (χ0n) is 9.98. The van der Waals surface area contributed by atoms with E-state index in [9.17, 15) is 8.78 Å². The maximum atomic E-state index is 13.6. The van der Waals surface area contributed by atoms with Gasteiger partial charge in [-0.05, 0) is 12.5 Å². The average molecular weight is 252 g/mol. The van der Waals surface area contributed by atoms with Crippen LogP contribution in [0.15, 0.2) is 24.4 Å². The molecule has 2 rings (SSSR count). The predicted octanol–water partition coefficient (Wildman–Crippen LogP) is 2.01. The van der Waals surface area contributed by atoms with E-state index >= 15 is 0 Å². The fraction of sp³-hybridized carbons (Fsp3) is 0.333. The van der Waals surface area contributed by atoms with Crippen LogP contribution in [-0.4, -0.2) is 15.0 Å². The molecule has 0 spiro atoms. The van der Waals surface area contributed by atoms with Crippen LogP contribution in [0.3, 0.4) is 0 Å². The maximum Gasteiger partial charge on any atom is 0.131 e. The highest BCUT2D eigenvalue weighted by Gasteiger charge is 2.18. The second-order valence-electron chi connectivity index (χ2n) is 4.03. The molecule has 0 saturated carbocycles. The monoisotopic (exact) mass is 252 g/mol. The third-order valence-electron chi connectivity index (χ3n) is 2.70. The molecule has 0 aliphatic carbocycles. The van der Waals surface area contributed by atoms with Crippen LogP contribution in [0.1, 0.15) is 30.6 Å². The maximum absolute atomic E-state index is 13.6. The molecule has 1 aromatic heterocycles. The minimum absolute atomic E-state index is 0.232. The molecule has 6 heteroatoms. The number of aryl methyl sites for hydroxylation is 1. The Balaban J connectivity index is 2.35. The van der Waals surface area contributed by atoms with E-state index in [0.717, 1.165) is 12.5 Å². The van der Waals surface area contributed by atoms with Crippen molar-refractivity contribution in [2.45, 2.75) is 25.9 Å². The van der Waals surface area contributed by atoms with E-state index in [0.29, 0.717) is 12.2 Å². The van der Waals surface area contributed by atoms with Crippen LogP contribution >= 0.6 is 0 Å². The first-order chi connectivity index (χ1) is 8.63. The standard InChI is InChI=1S/C12H14F2N4/c1-2-5-18-11(7-16-17-18)12(15)9-4-3-8(13)6-10(9)14/h3-4,6-7,12H,2,5,15H2,1H3. The molecular formula is C12H14F2N4. The van der Waals surface area contributed by atoms with Crippen molar-refractivity contribution in [3.63, 3.8) is 0 Å². The van der Waals surface area contributed by atoms with Gasteiger partial charge in [0.1, 0.15) is 11.6 Å². The smallest absolute Gasteiger partial charge is 0.131 e. The van der Waals surface area contributed by atoms with E-state index in [2.05, 4.69) is 10.3 Å². The van der Waals surface area contributed by atoms with Crippen molar-refractivity contribution >= 4 is 0 Å². The Morgan fingerprint density at radius 2 is 2.17 bits per heavy atom. The summed E-state index contributed by atoms with van der Waals surface area (Å²) < 4.78 is 28.1. The van der Waals surface area contributed by atoms with E-state index in [-0.39, 0.29) is 5.56 Å². The number of benzene rings is 1. The number of hydrogen-bond acceptors (Lipinski definition) is 3. The summed E-state index contributed by atoms with van der Waals surface area (Å²) in [6.07, 6.45) is 2.37. The Kier molecular flexibility index (Phi) is 3.66. The molecule has 1 unspecified atom stereocenters. The Morgan fingerprint density at radius 3 is 2.83 bits per heavy atom. The third kappa shape index (κ3) is 2.38. The van der Waals surface area contributed by atoms with Crippen molar-refractivity contribution in [3.05, 3.63) is 47.3 Å². The second-order valence-corrected chi connectivity index (χ2v) is 4.03. The van der Waals surface area contributed by atoms with Crippen LogP contribution in [-0.2, 0) is 6.54 Å². The lowest BCUT2D eigenvalue weighted by Crippen LogP contribution is -2.18. The topological polar surface area (TPSA) is 56.7 Å². The van der Waals surface area contributed by atoms with Gasteiger partial charge in [-0.1, -0.05) is 18.2 Å². The van der Waals surface area contributed by atoms with Crippen LogP contribution in [0.4, 0.5) is 8.78 Å². The lowest BCUT2D eigenvalue weighted by Gasteiger charge is -2.14. The predicted molar refractivity (Wildman–Crippen MR) is 62.7 cm³/mol. The average Bonchev–Trinajstić information content (AvgIpc) is 2.77. The summed E-state index contributed by atoms with van der Waals surface area (Å²) in [4.78, 5) is 0. The van der Waals surface area contributed by atoms with Crippen molar-refractivity contribution in [1.29, 1.82) is 0 Å². The zero-order valence-corrected chi connectivity index (χ0v) is 9.98. The number of aromatic nitrogens is 3. The van der Waals surface area contributed by atoms with Gasteiger partial charge in [-0.2, -0.15) is 0 Å². The molecule has 96 valence electrons. The minimum atomic E-state index is -0.702. The van der Waals surface area contributed by atoms with Crippen LogP contribution < -0.4 is 5.73 Å². The lowest BCUT2D eigenvalue weighted by molar-refractivity contribution is 0.528. The van der Waals surface area contributed by atoms with Crippen molar-refractivity contribution in [2.75, 3.05) is 0 Å².